The van der Waals surface area contributed by atoms with Crippen molar-refractivity contribution < 1.29 is 4.79 Å². The Kier molecular flexibility index (Phi) is 3.95. The van der Waals surface area contributed by atoms with E-state index in [9.17, 15) is 4.79 Å². The van der Waals surface area contributed by atoms with Gasteiger partial charge in [0, 0.05) is 29.8 Å². The van der Waals surface area contributed by atoms with Gasteiger partial charge >= 0.3 is 0 Å². The first kappa shape index (κ1) is 16.2. The summed E-state index contributed by atoms with van der Waals surface area (Å²) in [5.74, 6) is 0.341. The fourth-order valence-electron chi connectivity index (χ4n) is 4.76. The van der Waals surface area contributed by atoms with Crippen LogP contribution in [0.25, 0.3) is 0 Å². The number of allylic oxidation sites excluding steroid dienone is 1. The van der Waals surface area contributed by atoms with Crippen LogP contribution in [-0.2, 0) is 4.79 Å². The number of benzene rings is 1. The fourth-order valence-corrected chi connectivity index (χ4v) is 4.76. The number of fused-ring (bicyclic) bond motifs is 2. The molecule has 1 aromatic rings. The number of amides is 1. The topological polar surface area (TPSA) is 106 Å². The van der Waals surface area contributed by atoms with E-state index in [1.54, 1.807) is 11.1 Å². The zero-order valence-electron chi connectivity index (χ0n) is 14.5. The molecular weight excluding hydrogens is 330 g/mol. The van der Waals surface area contributed by atoms with E-state index >= 15 is 0 Å². The first-order valence-corrected chi connectivity index (χ1v) is 9.35. The largest absolute Gasteiger partial charge is 0.366 e. The van der Waals surface area contributed by atoms with E-state index in [-0.39, 0.29) is 24.2 Å². The molecule has 0 radical (unpaired) electrons. The Hall–Kier alpha value is -1.97. The molecule has 3 fully saturated rings. The SMILES string of the molecule is NC1NN2C(=O)C=C(C3CCC4NNNC4C3)NC2C1c1ccccc1. The van der Waals surface area contributed by atoms with Crippen LogP contribution in [0.15, 0.2) is 42.1 Å². The highest BCUT2D eigenvalue weighted by atomic mass is 16.2. The smallest absolute Gasteiger partial charge is 0.264 e. The van der Waals surface area contributed by atoms with Gasteiger partial charge in [-0.05, 0) is 24.8 Å². The van der Waals surface area contributed by atoms with Crippen molar-refractivity contribution in [2.45, 2.75) is 49.6 Å². The van der Waals surface area contributed by atoms with Gasteiger partial charge in [0.1, 0.15) is 6.17 Å². The Morgan fingerprint density at radius 1 is 1.08 bits per heavy atom. The minimum atomic E-state index is -0.299. The molecule has 0 spiro atoms. The van der Waals surface area contributed by atoms with Crippen molar-refractivity contribution in [1.82, 2.24) is 32.1 Å². The summed E-state index contributed by atoms with van der Waals surface area (Å²) in [4.78, 5) is 12.7. The van der Waals surface area contributed by atoms with Crippen LogP contribution in [-0.4, -0.2) is 35.3 Å². The first-order valence-electron chi connectivity index (χ1n) is 9.35. The predicted octanol–water partition coefficient (Wildman–Crippen LogP) is -0.635. The van der Waals surface area contributed by atoms with Crippen molar-refractivity contribution in [3.63, 3.8) is 0 Å². The summed E-state index contributed by atoms with van der Waals surface area (Å²) in [6, 6.07) is 11.0. The lowest BCUT2D eigenvalue weighted by molar-refractivity contribution is -0.131. The lowest BCUT2D eigenvalue weighted by Crippen LogP contribution is -2.54. The molecule has 3 heterocycles. The molecule has 6 unspecified atom stereocenters. The lowest BCUT2D eigenvalue weighted by atomic mass is 9.80. The molecule has 1 aliphatic carbocycles. The van der Waals surface area contributed by atoms with Crippen molar-refractivity contribution in [2.24, 2.45) is 11.7 Å². The second-order valence-electron chi connectivity index (χ2n) is 7.63. The van der Waals surface area contributed by atoms with E-state index in [0.29, 0.717) is 18.0 Å². The van der Waals surface area contributed by atoms with Gasteiger partial charge in [-0.2, -0.15) is 5.53 Å². The zero-order valence-corrected chi connectivity index (χ0v) is 14.5. The van der Waals surface area contributed by atoms with Crippen LogP contribution in [0.4, 0.5) is 0 Å². The maximum absolute atomic E-state index is 12.7. The molecule has 6 atom stereocenters. The summed E-state index contributed by atoms with van der Waals surface area (Å²) in [6.07, 6.45) is 4.42. The van der Waals surface area contributed by atoms with Crippen LogP contribution in [0.5, 0.6) is 0 Å². The molecule has 7 N–H and O–H groups in total. The standard InChI is InChI=1S/C18H25N7O/c19-17-16(10-4-2-1-3-5-10)18-20-13(9-15(26)25(18)23-17)11-6-7-12-14(8-11)22-24-21-12/h1-5,9,11-12,14,16-18,20-24H,6-8,19H2. The number of hydrogen-bond donors (Lipinski definition) is 6. The highest BCUT2D eigenvalue weighted by Gasteiger charge is 2.46. The van der Waals surface area contributed by atoms with E-state index in [4.69, 9.17) is 5.73 Å². The van der Waals surface area contributed by atoms with Crippen molar-refractivity contribution in [3.8, 4) is 0 Å². The van der Waals surface area contributed by atoms with Crippen molar-refractivity contribution in [1.29, 1.82) is 0 Å². The molecule has 8 nitrogen and oxygen atoms in total. The maximum Gasteiger partial charge on any atom is 0.264 e. The Labute approximate surface area is 152 Å². The van der Waals surface area contributed by atoms with Gasteiger partial charge < -0.3 is 11.1 Å². The number of nitrogens with one attached hydrogen (secondary N) is 5. The van der Waals surface area contributed by atoms with Crippen LogP contribution in [0.1, 0.15) is 30.7 Å². The summed E-state index contributed by atoms with van der Waals surface area (Å²) in [6.45, 7) is 0. The average molecular weight is 355 g/mol. The number of hydrazine groups is 3. The van der Waals surface area contributed by atoms with Gasteiger partial charge in [-0.25, -0.2) is 21.3 Å². The molecule has 138 valence electrons. The van der Waals surface area contributed by atoms with Gasteiger partial charge in [0.2, 0.25) is 0 Å². The van der Waals surface area contributed by atoms with E-state index < -0.39 is 0 Å². The third-order valence-electron chi connectivity index (χ3n) is 6.11. The molecule has 0 bridgehead atoms. The Morgan fingerprint density at radius 2 is 1.88 bits per heavy atom. The van der Waals surface area contributed by atoms with Crippen molar-refractivity contribution in [2.75, 3.05) is 0 Å². The number of carbonyl (C=O) groups is 1. The number of rotatable bonds is 2. The van der Waals surface area contributed by atoms with Crippen molar-refractivity contribution in [3.05, 3.63) is 47.7 Å². The zero-order chi connectivity index (χ0) is 17.7. The molecule has 8 heteroatoms. The summed E-state index contributed by atoms with van der Waals surface area (Å²) in [5, 5.41) is 5.28. The number of nitrogens with zero attached hydrogens (tertiary/aromatic N) is 1. The van der Waals surface area contributed by atoms with E-state index in [2.05, 4.69) is 39.3 Å². The van der Waals surface area contributed by atoms with Crippen LogP contribution in [0, 0.1) is 5.92 Å². The van der Waals surface area contributed by atoms with Gasteiger partial charge in [0.15, 0.2) is 0 Å². The Balaban J connectivity index is 1.39. The summed E-state index contributed by atoms with van der Waals surface area (Å²) >= 11 is 0. The molecule has 5 rings (SSSR count). The fraction of sp³-hybridized carbons (Fsp3) is 0.500. The van der Waals surface area contributed by atoms with Crippen LogP contribution in [0.3, 0.4) is 0 Å². The molecule has 4 aliphatic rings. The predicted molar refractivity (Wildman–Crippen MR) is 96.5 cm³/mol. The monoisotopic (exact) mass is 355 g/mol. The second kappa shape index (κ2) is 6.33. The van der Waals surface area contributed by atoms with Gasteiger partial charge in [0.05, 0.1) is 12.1 Å². The third kappa shape index (κ3) is 2.62. The molecule has 1 amide bonds. The molecule has 3 aliphatic heterocycles. The molecule has 0 aromatic heterocycles. The summed E-state index contributed by atoms with van der Waals surface area (Å²) in [7, 11) is 0. The maximum atomic E-state index is 12.7. The van der Waals surface area contributed by atoms with E-state index in [1.165, 1.54) is 0 Å². The van der Waals surface area contributed by atoms with Crippen LogP contribution < -0.4 is 32.9 Å². The molecule has 1 aromatic carbocycles. The minimum absolute atomic E-state index is 0.00753. The third-order valence-corrected chi connectivity index (χ3v) is 6.11. The molecule has 26 heavy (non-hydrogen) atoms. The Bertz CT molecular complexity index is 724. The van der Waals surface area contributed by atoms with Gasteiger partial charge in [-0.15, -0.1) is 0 Å². The molecular formula is C18H25N7O. The van der Waals surface area contributed by atoms with Gasteiger partial charge in [-0.3, -0.25) is 4.79 Å². The molecule has 2 saturated heterocycles. The summed E-state index contributed by atoms with van der Waals surface area (Å²) in [5.41, 5.74) is 21.2. The molecule has 1 saturated carbocycles. The normalized spacial score (nSPS) is 39.2. The minimum Gasteiger partial charge on any atom is -0.366 e. The number of carbonyl (C=O) groups excluding carboxylic acids is 1. The van der Waals surface area contributed by atoms with Gasteiger partial charge in [0.25, 0.3) is 5.91 Å². The van der Waals surface area contributed by atoms with Crippen LogP contribution >= 0.6 is 0 Å². The van der Waals surface area contributed by atoms with Crippen molar-refractivity contribution >= 4 is 5.91 Å². The second-order valence-corrected chi connectivity index (χ2v) is 7.63. The van der Waals surface area contributed by atoms with E-state index in [1.807, 2.05) is 18.2 Å². The van der Waals surface area contributed by atoms with Gasteiger partial charge in [-0.1, -0.05) is 30.3 Å². The average Bonchev–Trinajstić information content (AvgIpc) is 3.25. The van der Waals surface area contributed by atoms with Crippen LogP contribution in [0.2, 0.25) is 0 Å². The first-order chi connectivity index (χ1) is 12.7. The summed E-state index contributed by atoms with van der Waals surface area (Å²) < 4.78 is 0. The number of hydrogen-bond acceptors (Lipinski definition) is 7. The number of nitrogens with two attached hydrogens (primary N) is 1. The Morgan fingerprint density at radius 3 is 2.73 bits per heavy atom. The van der Waals surface area contributed by atoms with E-state index in [0.717, 1.165) is 30.5 Å². The highest BCUT2D eigenvalue weighted by Crippen LogP contribution is 2.36. The quantitative estimate of drug-likeness (QED) is 0.419. The lowest BCUT2D eigenvalue weighted by Gasteiger charge is -2.38. The highest BCUT2D eigenvalue weighted by molar-refractivity contribution is 5.89.